The van der Waals surface area contributed by atoms with E-state index in [1.807, 2.05) is 0 Å². The van der Waals surface area contributed by atoms with E-state index in [0.29, 0.717) is 0 Å². The third kappa shape index (κ3) is 4.95. The first kappa shape index (κ1) is 22.4. The van der Waals surface area contributed by atoms with Crippen molar-refractivity contribution in [2.24, 2.45) is 0 Å². The summed E-state index contributed by atoms with van der Waals surface area (Å²) >= 11 is 0. The van der Waals surface area contributed by atoms with Crippen LogP contribution < -0.4 is 48.0 Å². The number of rotatable bonds is 0. The van der Waals surface area contributed by atoms with Gasteiger partial charge in [-0.05, 0) is 0 Å². The first-order valence-electron chi connectivity index (χ1n) is 7.55. The van der Waals surface area contributed by atoms with Crippen molar-refractivity contribution in [1.29, 1.82) is 0 Å². The Hall–Kier alpha value is -0.660. The van der Waals surface area contributed by atoms with Gasteiger partial charge in [-0.25, -0.2) is 0 Å². The molecule has 3 heteroatoms. The van der Waals surface area contributed by atoms with Crippen molar-refractivity contribution in [3.8, 4) is 0 Å². The van der Waals surface area contributed by atoms with E-state index in [1.165, 1.54) is 32.3 Å². The van der Waals surface area contributed by atoms with Gasteiger partial charge in [0, 0.05) is 0 Å². The van der Waals surface area contributed by atoms with Crippen LogP contribution in [0.4, 0.5) is 0 Å². The van der Waals surface area contributed by atoms with Crippen LogP contribution in [-0.4, -0.2) is 0 Å². The zero-order valence-electron chi connectivity index (χ0n) is 13.4. The molecule has 0 spiro atoms. The number of hydrogen-bond acceptors (Lipinski definition) is 0. The first-order chi connectivity index (χ1) is 10.9. The van der Waals surface area contributed by atoms with Gasteiger partial charge in [0.05, 0.1) is 0 Å². The third-order valence-electron chi connectivity index (χ3n) is 4.07. The maximum absolute atomic E-state index is 2.24. The molecule has 0 aliphatic carbocycles. The van der Waals surface area contributed by atoms with Crippen LogP contribution in [0, 0.1) is 0 Å². The summed E-state index contributed by atoms with van der Waals surface area (Å²) in [4.78, 5) is 0. The van der Waals surface area contributed by atoms with E-state index >= 15 is 0 Å². The van der Waals surface area contributed by atoms with Crippen molar-refractivity contribution in [1.82, 2.24) is 0 Å². The Labute approximate surface area is 197 Å². The summed E-state index contributed by atoms with van der Waals surface area (Å²) in [6.45, 7) is 0. The monoisotopic (exact) mass is 627 g/mol. The third-order valence-corrected chi connectivity index (χ3v) is 4.07. The standard InChI is InChI=1S/C13H9.C9H7.2HI.Nb/c1-3-7-12-10(5-1)9-11-6-2-4-8-13(11)12;1-2-5-9-7-3-6-8(9)4-1;;;/h1-9H;1-7H;2*1H;/q2*-1;;;+2/p-2. The summed E-state index contributed by atoms with van der Waals surface area (Å²) in [5.74, 6) is 0. The molecule has 0 N–H and O–H groups in total. The largest absolute Gasteiger partial charge is 2.00 e. The predicted octanol–water partition coefficient (Wildman–Crippen LogP) is 0.276. The van der Waals surface area contributed by atoms with Gasteiger partial charge in [-0.15, -0.1) is 69.4 Å². The molecule has 0 amide bonds. The molecule has 0 nitrogen and oxygen atoms in total. The average molecular weight is 627 g/mol. The van der Waals surface area contributed by atoms with Crippen molar-refractivity contribution >= 4 is 32.3 Å². The van der Waals surface area contributed by atoms with E-state index in [0.717, 1.165) is 0 Å². The van der Waals surface area contributed by atoms with Crippen LogP contribution >= 0.6 is 0 Å². The van der Waals surface area contributed by atoms with Crippen molar-refractivity contribution < 1.29 is 70.3 Å². The van der Waals surface area contributed by atoms with Gasteiger partial charge in [-0.3, -0.25) is 0 Å². The molecule has 0 aliphatic heterocycles. The molecule has 0 aromatic heterocycles. The molecule has 5 aromatic carbocycles. The minimum absolute atomic E-state index is 0. The van der Waals surface area contributed by atoms with Crippen LogP contribution in [0.3, 0.4) is 0 Å². The van der Waals surface area contributed by atoms with Crippen LogP contribution in [0.2, 0.25) is 0 Å². The van der Waals surface area contributed by atoms with Crippen molar-refractivity contribution in [2.45, 2.75) is 0 Å². The van der Waals surface area contributed by atoms with Gasteiger partial charge in [-0.1, -0.05) is 42.5 Å². The Morgan fingerprint density at radius 1 is 0.520 bits per heavy atom. The molecule has 1 radical (unpaired) electrons. The number of hydrogen-bond donors (Lipinski definition) is 0. The second-order valence-corrected chi connectivity index (χ2v) is 5.47. The van der Waals surface area contributed by atoms with Crippen LogP contribution in [0.15, 0.2) is 97.1 Å². The minimum atomic E-state index is 0. The molecule has 0 heterocycles. The van der Waals surface area contributed by atoms with Crippen molar-refractivity contribution in [2.75, 3.05) is 0 Å². The van der Waals surface area contributed by atoms with Gasteiger partial charge in [0.2, 0.25) is 0 Å². The van der Waals surface area contributed by atoms with E-state index in [4.69, 9.17) is 0 Å². The maximum Gasteiger partial charge on any atom is 2.00 e. The quantitative estimate of drug-likeness (QED) is 0.132. The minimum Gasteiger partial charge on any atom is -1.00 e. The second-order valence-electron chi connectivity index (χ2n) is 5.47. The number of halogens is 2. The van der Waals surface area contributed by atoms with Crippen molar-refractivity contribution in [3.63, 3.8) is 0 Å². The van der Waals surface area contributed by atoms with Gasteiger partial charge in [0.15, 0.2) is 0 Å². The summed E-state index contributed by atoms with van der Waals surface area (Å²) in [6.07, 6.45) is 0. The molecule has 0 saturated carbocycles. The Balaban J connectivity index is 0.000000234. The fourth-order valence-electron chi connectivity index (χ4n) is 2.97. The summed E-state index contributed by atoms with van der Waals surface area (Å²) in [6, 6.07) is 33.9. The molecule has 25 heavy (non-hydrogen) atoms. The van der Waals surface area contributed by atoms with Gasteiger partial charge < -0.3 is 48.0 Å². The number of fused-ring (bicyclic) bond motifs is 4. The summed E-state index contributed by atoms with van der Waals surface area (Å²) in [5, 5.41) is 8.05. The topological polar surface area (TPSA) is 0 Å². The molecule has 0 aliphatic rings. The van der Waals surface area contributed by atoms with Crippen LogP contribution in [0.1, 0.15) is 0 Å². The molecule has 5 aromatic rings. The summed E-state index contributed by atoms with van der Waals surface area (Å²) < 4.78 is 0. The maximum atomic E-state index is 2.24. The molecule has 0 bridgehead atoms. The van der Waals surface area contributed by atoms with Gasteiger partial charge in [0.25, 0.3) is 0 Å². The predicted molar refractivity (Wildman–Crippen MR) is 96.6 cm³/mol. The SMILES string of the molecule is [I-].[I-].[Nb+2].c1ccc2[cH-]ccc2c1.c1ccc2c(c1)[cH-]c1ccccc12. The van der Waals surface area contributed by atoms with Crippen LogP contribution in [0.5, 0.6) is 0 Å². The Morgan fingerprint density at radius 3 is 1.56 bits per heavy atom. The molecule has 0 saturated heterocycles. The van der Waals surface area contributed by atoms with E-state index in [1.54, 1.807) is 0 Å². The molecule has 5 rings (SSSR count). The molecule has 0 unspecified atom stereocenters. The van der Waals surface area contributed by atoms with Crippen LogP contribution in [-0.2, 0) is 22.4 Å². The van der Waals surface area contributed by atoms with E-state index < -0.39 is 0 Å². The zero-order valence-corrected chi connectivity index (χ0v) is 20.0. The molecule has 0 fully saturated rings. The summed E-state index contributed by atoms with van der Waals surface area (Å²) in [7, 11) is 0. The summed E-state index contributed by atoms with van der Waals surface area (Å²) in [5.41, 5.74) is 0. The Morgan fingerprint density at radius 2 is 1.00 bits per heavy atom. The first-order valence-corrected chi connectivity index (χ1v) is 7.55. The smallest absolute Gasteiger partial charge is 1.00 e. The molecular formula is C22H16I2Nb-2. The fraction of sp³-hybridized carbons (Fsp3) is 0. The zero-order chi connectivity index (χ0) is 14.8. The number of benzene rings is 3. The Kier molecular flexibility index (Phi) is 9.38. The molecule has 0 atom stereocenters. The van der Waals surface area contributed by atoms with Gasteiger partial charge in [0.1, 0.15) is 0 Å². The van der Waals surface area contributed by atoms with E-state index in [2.05, 4.69) is 97.1 Å². The average Bonchev–Trinajstić information content (AvgIpc) is 3.19. The molecular weight excluding hydrogens is 611 g/mol. The van der Waals surface area contributed by atoms with Gasteiger partial charge in [-0.2, -0.15) is 17.5 Å². The fourth-order valence-corrected chi connectivity index (χ4v) is 2.97. The van der Waals surface area contributed by atoms with E-state index in [-0.39, 0.29) is 70.3 Å². The normalized spacial score (nSPS) is 9.44. The van der Waals surface area contributed by atoms with E-state index in [9.17, 15) is 0 Å². The van der Waals surface area contributed by atoms with Crippen LogP contribution in [0.25, 0.3) is 32.3 Å². The molecule has 125 valence electrons. The van der Waals surface area contributed by atoms with Crippen molar-refractivity contribution in [3.05, 3.63) is 97.1 Å². The van der Waals surface area contributed by atoms with Gasteiger partial charge >= 0.3 is 22.4 Å². The second kappa shape index (κ2) is 10.5. The Bertz CT molecular complexity index is 963.